The molecule has 1 atom stereocenters. The molecule has 0 saturated carbocycles. The van der Waals surface area contributed by atoms with Crippen molar-refractivity contribution in [1.29, 1.82) is 0 Å². The lowest BCUT2D eigenvalue weighted by molar-refractivity contribution is 0.804. The normalized spacial score (nSPS) is 13.1. The summed E-state index contributed by atoms with van der Waals surface area (Å²) in [7, 11) is 0. The van der Waals surface area contributed by atoms with Gasteiger partial charge in [0, 0.05) is 45.7 Å². The molecule has 4 nitrogen and oxygen atoms in total. The van der Waals surface area contributed by atoms with Gasteiger partial charge in [0.15, 0.2) is 0 Å². The number of benzene rings is 2. The van der Waals surface area contributed by atoms with E-state index in [-0.39, 0.29) is 5.92 Å². The molecule has 1 unspecified atom stereocenters. The molecule has 3 aromatic heterocycles. The van der Waals surface area contributed by atoms with Crippen LogP contribution in [0, 0.1) is 0 Å². The highest BCUT2D eigenvalue weighted by Crippen LogP contribution is 2.40. The monoisotopic (exact) mass is 660 g/mol. The number of nitrogens with zero attached hydrogens (tertiary/aromatic N) is 3. The molecule has 0 saturated heterocycles. The molecule has 5 heterocycles. The maximum Gasteiger partial charge on any atom is 0.0691 e. The van der Waals surface area contributed by atoms with E-state index in [9.17, 15) is 0 Å². The summed E-state index contributed by atoms with van der Waals surface area (Å²) in [5, 5.41) is 2.56. The Balaban J connectivity index is 1.77. The Morgan fingerprint density at radius 2 is 1.14 bits per heavy atom. The van der Waals surface area contributed by atoms with Crippen molar-refractivity contribution in [3.63, 3.8) is 0 Å². The molecule has 4 heteroatoms. The third-order valence-corrected chi connectivity index (χ3v) is 11.2. The van der Waals surface area contributed by atoms with Crippen LogP contribution in [0.3, 0.4) is 0 Å². The Labute approximate surface area is 298 Å². The van der Waals surface area contributed by atoms with E-state index in [2.05, 4.69) is 138 Å². The fraction of sp³-hybridized carbons (Fsp3) is 0.348. The number of fused-ring (bicyclic) bond motifs is 9. The van der Waals surface area contributed by atoms with Crippen LogP contribution in [0.2, 0.25) is 0 Å². The van der Waals surface area contributed by atoms with Crippen molar-refractivity contribution in [2.24, 2.45) is 0 Å². The average Bonchev–Trinajstić information content (AvgIpc) is 3.96. The second-order valence-corrected chi connectivity index (χ2v) is 13.7. The summed E-state index contributed by atoms with van der Waals surface area (Å²) >= 11 is 0. The minimum absolute atomic E-state index is 0.141. The lowest BCUT2D eigenvalue weighted by Crippen LogP contribution is -2.05. The van der Waals surface area contributed by atoms with Crippen molar-refractivity contribution < 1.29 is 0 Å². The third-order valence-electron chi connectivity index (χ3n) is 11.2. The van der Waals surface area contributed by atoms with Crippen LogP contribution in [-0.4, -0.2) is 19.5 Å². The highest BCUT2D eigenvalue weighted by Gasteiger charge is 2.25. The van der Waals surface area contributed by atoms with Crippen LogP contribution < -0.4 is 0 Å². The first-order valence-corrected chi connectivity index (χ1v) is 19.1. The summed E-state index contributed by atoms with van der Waals surface area (Å²) in [6, 6.07) is 18.2. The molecule has 2 aliphatic rings. The smallest absolute Gasteiger partial charge is 0.0691 e. The zero-order chi connectivity index (χ0) is 35.1. The van der Waals surface area contributed by atoms with Gasteiger partial charge in [-0.25, -0.2) is 9.97 Å². The molecular formula is C46H52N4. The quantitative estimate of drug-likeness (QED) is 0.167. The molecule has 0 aliphatic carbocycles. The third kappa shape index (κ3) is 5.44. The maximum absolute atomic E-state index is 5.38. The van der Waals surface area contributed by atoms with Crippen molar-refractivity contribution in [3.8, 4) is 0 Å². The van der Waals surface area contributed by atoms with Crippen LogP contribution in [0.4, 0.5) is 0 Å². The largest absolute Gasteiger partial charge is 0.355 e. The van der Waals surface area contributed by atoms with Gasteiger partial charge in [-0.3, -0.25) is 0 Å². The molecule has 2 aliphatic heterocycles. The number of hydrogen-bond donors (Lipinski definition) is 1. The standard InChI is InChI=1S/C46H52N4/c1-9-29-27-42-36(13-5)40-23-22-38(47-40)35(12-4)39-24-25-41(48-39)37(14-6)45-33(10-2)34(11-3)46(50(45)15-7)43(44(29)49-42)28(8)31-21-20-30-18-16-17-19-32(30)26-31/h16-28,49H,9-15H2,1-8H3. The Kier molecular flexibility index (Phi) is 9.39. The van der Waals surface area contributed by atoms with Gasteiger partial charge in [0.1, 0.15) is 0 Å². The molecule has 2 aromatic carbocycles. The summed E-state index contributed by atoms with van der Waals surface area (Å²) in [6.07, 6.45) is 14.4. The van der Waals surface area contributed by atoms with Crippen molar-refractivity contribution in [2.45, 2.75) is 106 Å². The highest BCUT2D eigenvalue weighted by atomic mass is 15.0. The molecule has 8 bridgehead atoms. The SMILES string of the molecule is CCc1c2nc(c(CC)c3cc(CC)c([nH]3)c(C(C)c3ccc4ccccc4c3)c3c(CC)c(CC)c(c(CC)c4nc1C=C4)n3CC)C=C2. The van der Waals surface area contributed by atoms with E-state index in [4.69, 9.17) is 9.97 Å². The minimum Gasteiger partial charge on any atom is -0.355 e. The van der Waals surface area contributed by atoms with Gasteiger partial charge in [-0.1, -0.05) is 90.9 Å². The summed E-state index contributed by atoms with van der Waals surface area (Å²) in [6.45, 7) is 19.4. The fourth-order valence-corrected chi connectivity index (χ4v) is 8.69. The fourth-order valence-electron chi connectivity index (χ4n) is 8.69. The van der Waals surface area contributed by atoms with Crippen LogP contribution in [0.5, 0.6) is 0 Å². The van der Waals surface area contributed by atoms with Crippen molar-refractivity contribution in [1.82, 2.24) is 19.5 Å². The summed E-state index contributed by atoms with van der Waals surface area (Å²) < 4.78 is 2.66. The van der Waals surface area contributed by atoms with E-state index in [1.807, 2.05) is 0 Å². The highest BCUT2D eigenvalue weighted by molar-refractivity contribution is 5.90. The molecule has 0 radical (unpaired) electrons. The number of nitrogens with one attached hydrogen (secondary N) is 1. The zero-order valence-corrected chi connectivity index (χ0v) is 31.3. The van der Waals surface area contributed by atoms with Crippen LogP contribution >= 0.6 is 0 Å². The summed E-state index contributed by atoms with van der Waals surface area (Å²) in [5.41, 5.74) is 20.2. The molecule has 0 spiro atoms. The first-order chi connectivity index (χ1) is 24.4. The lowest BCUT2D eigenvalue weighted by atomic mass is 9.88. The van der Waals surface area contributed by atoms with Crippen molar-refractivity contribution >= 4 is 57.1 Å². The van der Waals surface area contributed by atoms with Gasteiger partial charge in [-0.2, -0.15) is 0 Å². The summed E-state index contributed by atoms with van der Waals surface area (Å²) in [5.74, 6) is 0.141. The van der Waals surface area contributed by atoms with Gasteiger partial charge in [-0.15, -0.1) is 0 Å². The number of aromatic nitrogens is 4. The first kappa shape index (κ1) is 33.8. The van der Waals surface area contributed by atoms with E-state index < -0.39 is 0 Å². The molecule has 0 fully saturated rings. The second-order valence-electron chi connectivity index (χ2n) is 13.7. The summed E-state index contributed by atoms with van der Waals surface area (Å²) in [4.78, 5) is 14.7. The Hall–Kier alpha value is -4.70. The molecule has 1 N–H and O–H groups in total. The first-order valence-electron chi connectivity index (χ1n) is 19.1. The van der Waals surface area contributed by atoms with Gasteiger partial charge in [-0.05, 0) is 109 Å². The number of rotatable bonds is 9. The number of aryl methyl sites for hydroxylation is 6. The molecular weight excluding hydrogens is 609 g/mol. The van der Waals surface area contributed by atoms with Crippen LogP contribution in [0.1, 0.15) is 129 Å². The Morgan fingerprint density at radius 1 is 0.580 bits per heavy atom. The van der Waals surface area contributed by atoms with E-state index in [0.717, 1.165) is 67.8 Å². The van der Waals surface area contributed by atoms with E-state index in [0.29, 0.717) is 0 Å². The van der Waals surface area contributed by atoms with Gasteiger partial charge >= 0.3 is 0 Å². The molecule has 7 rings (SSSR count). The van der Waals surface area contributed by atoms with Gasteiger partial charge in [0.2, 0.25) is 0 Å². The number of aromatic amines is 1. The van der Waals surface area contributed by atoms with E-state index in [1.54, 1.807) is 0 Å². The minimum atomic E-state index is 0.141. The van der Waals surface area contributed by atoms with Gasteiger partial charge < -0.3 is 9.55 Å². The molecule has 0 amide bonds. The molecule has 5 aromatic rings. The van der Waals surface area contributed by atoms with E-state index in [1.165, 1.54) is 77.3 Å². The Bertz CT molecular complexity index is 2340. The predicted octanol–water partition coefficient (Wildman–Crippen LogP) is 11.8. The van der Waals surface area contributed by atoms with Crippen LogP contribution in [0.25, 0.3) is 57.1 Å². The predicted molar refractivity (Wildman–Crippen MR) is 216 cm³/mol. The number of H-pyrrole nitrogens is 1. The van der Waals surface area contributed by atoms with E-state index >= 15 is 0 Å². The molecule has 50 heavy (non-hydrogen) atoms. The topological polar surface area (TPSA) is 46.5 Å². The zero-order valence-electron chi connectivity index (χ0n) is 31.3. The molecule has 256 valence electrons. The lowest BCUT2D eigenvalue weighted by Gasteiger charge is -2.19. The van der Waals surface area contributed by atoms with Crippen molar-refractivity contribution in [3.05, 3.63) is 116 Å². The maximum atomic E-state index is 5.38. The Morgan fingerprint density at radius 3 is 1.72 bits per heavy atom. The van der Waals surface area contributed by atoms with Gasteiger partial charge in [0.05, 0.1) is 33.8 Å². The second kappa shape index (κ2) is 13.9. The average molecular weight is 661 g/mol. The van der Waals surface area contributed by atoms with Crippen LogP contribution in [0.15, 0.2) is 48.5 Å². The van der Waals surface area contributed by atoms with Gasteiger partial charge in [0.25, 0.3) is 0 Å². The number of hydrogen-bond acceptors (Lipinski definition) is 2. The van der Waals surface area contributed by atoms with Crippen LogP contribution in [-0.2, 0) is 45.1 Å². The van der Waals surface area contributed by atoms with Crippen molar-refractivity contribution in [2.75, 3.05) is 0 Å².